The van der Waals surface area contributed by atoms with Crippen LogP contribution in [0.3, 0.4) is 0 Å². The molecule has 1 heterocycles. The van der Waals surface area contributed by atoms with E-state index in [-0.39, 0.29) is 18.4 Å². The zero-order valence-electron chi connectivity index (χ0n) is 16.1. The van der Waals surface area contributed by atoms with E-state index in [0.29, 0.717) is 19.5 Å². The van der Waals surface area contributed by atoms with Crippen LogP contribution >= 0.6 is 0 Å². The maximum absolute atomic E-state index is 12.3. The predicted octanol–water partition coefficient (Wildman–Crippen LogP) is 2.20. The largest absolute Gasteiger partial charge is 0.347 e. The highest BCUT2D eigenvalue weighted by Gasteiger charge is 2.20. The average molecular weight is 377 g/mol. The Balaban J connectivity index is 1.34. The minimum absolute atomic E-state index is 0.0131. The highest BCUT2D eigenvalue weighted by molar-refractivity contribution is 5.85. The van der Waals surface area contributed by atoms with Crippen molar-refractivity contribution in [3.05, 3.63) is 77.9 Å². The highest BCUT2D eigenvalue weighted by Crippen LogP contribution is 2.05. The number of benzene rings is 2. The van der Waals surface area contributed by atoms with Crippen molar-refractivity contribution >= 4 is 17.9 Å². The summed E-state index contributed by atoms with van der Waals surface area (Å²) in [5, 5.41) is 2.74. The zero-order valence-corrected chi connectivity index (χ0v) is 16.1. The lowest BCUT2D eigenvalue weighted by Gasteiger charge is -2.34. The average Bonchev–Trinajstić information content (AvgIpc) is 2.74. The lowest BCUT2D eigenvalue weighted by atomic mass is 10.1. The van der Waals surface area contributed by atoms with E-state index in [2.05, 4.69) is 34.5 Å². The van der Waals surface area contributed by atoms with Gasteiger partial charge in [0.05, 0.1) is 13.0 Å². The molecule has 3 rings (SSSR count). The second-order valence-electron chi connectivity index (χ2n) is 6.93. The summed E-state index contributed by atoms with van der Waals surface area (Å²) in [5.41, 5.74) is 2.15. The van der Waals surface area contributed by atoms with Crippen LogP contribution in [0.5, 0.6) is 0 Å². The van der Waals surface area contributed by atoms with Crippen LogP contribution in [0.15, 0.2) is 66.7 Å². The van der Waals surface area contributed by atoms with Crippen LogP contribution < -0.4 is 5.32 Å². The minimum atomic E-state index is -0.121. The fourth-order valence-corrected chi connectivity index (χ4v) is 3.21. The molecule has 1 saturated heterocycles. The Morgan fingerprint density at radius 3 is 2.21 bits per heavy atom. The second kappa shape index (κ2) is 10.4. The lowest BCUT2D eigenvalue weighted by Crippen LogP contribution is -2.51. The zero-order chi connectivity index (χ0) is 19.6. The molecule has 0 aliphatic carbocycles. The molecule has 5 nitrogen and oxygen atoms in total. The van der Waals surface area contributed by atoms with Gasteiger partial charge >= 0.3 is 0 Å². The van der Waals surface area contributed by atoms with Gasteiger partial charge in [-0.05, 0) is 11.1 Å². The van der Waals surface area contributed by atoms with E-state index in [9.17, 15) is 9.59 Å². The molecule has 0 radical (unpaired) electrons. The summed E-state index contributed by atoms with van der Waals surface area (Å²) in [6, 6.07) is 19.8. The Kier molecular flexibility index (Phi) is 7.38. The quantitative estimate of drug-likeness (QED) is 0.805. The molecule has 0 saturated carbocycles. The van der Waals surface area contributed by atoms with Gasteiger partial charge in [-0.3, -0.25) is 14.5 Å². The van der Waals surface area contributed by atoms with Gasteiger partial charge in [-0.15, -0.1) is 0 Å². The number of nitrogens with zero attached hydrogens (tertiary/aromatic N) is 2. The highest BCUT2D eigenvalue weighted by atomic mass is 16.2. The number of piperazine rings is 1. The van der Waals surface area contributed by atoms with Gasteiger partial charge < -0.3 is 10.2 Å². The van der Waals surface area contributed by atoms with Crippen molar-refractivity contribution in [3.63, 3.8) is 0 Å². The summed E-state index contributed by atoms with van der Waals surface area (Å²) >= 11 is 0. The van der Waals surface area contributed by atoms with Gasteiger partial charge in [0.25, 0.3) is 0 Å². The first-order chi connectivity index (χ1) is 13.7. The molecule has 2 amide bonds. The fourth-order valence-electron chi connectivity index (χ4n) is 3.21. The van der Waals surface area contributed by atoms with E-state index >= 15 is 0 Å². The SMILES string of the molecule is O=C(Cc1ccccc1)NCC(=O)N1CCN(C/C=C/c2ccccc2)CC1. The first-order valence-corrected chi connectivity index (χ1v) is 9.73. The first kappa shape index (κ1) is 19.8. The van der Waals surface area contributed by atoms with Gasteiger partial charge in [-0.2, -0.15) is 0 Å². The first-order valence-electron chi connectivity index (χ1n) is 9.73. The Labute approximate surface area is 166 Å². The summed E-state index contributed by atoms with van der Waals surface area (Å²) in [4.78, 5) is 28.5. The fraction of sp³-hybridized carbons (Fsp3) is 0.304. The van der Waals surface area contributed by atoms with Crippen LogP contribution in [-0.2, 0) is 16.0 Å². The summed E-state index contributed by atoms with van der Waals surface area (Å²) in [7, 11) is 0. The molecule has 1 aliphatic rings. The van der Waals surface area contributed by atoms with Gasteiger partial charge in [0.1, 0.15) is 0 Å². The van der Waals surface area contributed by atoms with Crippen molar-refractivity contribution in [2.24, 2.45) is 0 Å². The lowest BCUT2D eigenvalue weighted by molar-refractivity contribution is -0.134. The summed E-state index contributed by atoms with van der Waals surface area (Å²) < 4.78 is 0. The Morgan fingerprint density at radius 2 is 1.54 bits per heavy atom. The van der Waals surface area contributed by atoms with Crippen LogP contribution in [0.2, 0.25) is 0 Å². The van der Waals surface area contributed by atoms with Crippen molar-refractivity contribution in [2.75, 3.05) is 39.3 Å². The summed E-state index contributed by atoms with van der Waals surface area (Å²) in [5.74, 6) is -0.134. The molecule has 2 aromatic rings. The molecule has 0 unspecified atom stereocenters. The Bertz CT molecular complexity index is 782. The molecule has 28 heavy (non-hydrogen) atoms. The number of hydrogen-bond donors (Lipinski definition) is 1. The topological polar surface area (TPSA) is 52.7 Å². The molecule has 1 fully saturated rings. The third-order valence-electron chi connectivity index (χ3n) is 4.84. The normalized spacial score (nSPS) is 14.9. The van der Waals surface area contributed by atoms with Crippen LogP contribution in [0.1, 0.15) is 11.1 Å². The number of hydrogen-bond acceptors (Lipinski definition) is 3. The van der Waals surface area contributed by atoms with Gasteiger partial charge in [0.2, 0.25) is 11.8 Å². The van der Waals surface area contributed by atoms with E-state index in [0.717, 1.165) is 25.2 Å². The van der Waals surface area contributed by atoms with Gasteiger partial charge in [-0.25, -0.2) is 0 Å². The van der Waals surface area contributed by atoms with Crippen LogP contribution in [0.25, 0.3) is 6.08 Å². The molecule has 5 heteroatoms. The van der Waals surface area contributed by atoms with E-state index < -0.39 is 0 Å². The van der Waals surface area contributed by atoms with Crippen molar-refractivity contribution in [2.45, 2.75) is 6.42 Å². The molecular weight excluding hydrogens is 350 g/mol. The molecule has 1 N–H and O–H groups in total. The standard InChI is InChI=1S/C23H27N3O2/c27-22(18-21-10-5-2-6-11-21)24-19-23(28)26-16-14-25(15-17-26)13-7-12-20-8-3-1-4-9-20/h1-12H,13-19H2,(H,24,27)/b12-7+. The Hall–Kier alpha value is -2.92. The molecular formula is C23H27N3O2. The number of carbonyl (C=O) groups is 2. The third-order valence-corrected chi connectivity index (χ3v) is 4.84. The molecule has 0 bridgehead atoms. The van der Waals surface area contributed by atoms with Crippen molar-refractivity contribution in [1.29, 1.82) is 0 Å². The number of carbonyl (C=O) groups excluding carboxylic acids is 2. The predicted molar refractivity (Wildman–Crippen MR) is 112 cm³/mol. The molecule has 146 valence electrons. The molecule has 1 aliphatic heterocycles. The van der Waals surface area contributed by atoms with Gasteiger partial charge in [0.15, 0.2) is 0 Å². The number of nitrogens with one attached hydrogen (secondary N) is 1. The summed E-state index contributed by atoms with van der Waals surface area (Å²) in [6.45, 7) is 4.05. The van der Waals surface area contributed by atoms with E-state index in [1.807, 2.05) is 53.4 Å². The molecule has 0 spiro atoms. The number of amides is 2. The maximum Gasteiger partial charge on any atom is 0.242 e. The van der Waals surface area contributed by atoms with E-state index in [4.69, 9.17) is 0 Å². The van der Waals surface area contributed by atoms with E-state index in [1.54, 1.807) is 0 Å². The molecule has 2 aromatic carbocycles. The van der Waals surface area contributed by atoms with Crippen molar-refractivity contribution in [3.8, 4) is 0 Å². The Morgan fingerprint density at radius 1 is 0.893 bits per heavy atom. The van der Waals surface area contributed by atoms with Crippen molar-refractivity contribution in [1.82, 2.24) is 15.1 Å². The van der Waals surface area contributed by atoms with Crippen molar-refractivity contribution < 1.29 is 9.59 Å². The monoisotopic (exact) mass is 377 g/mol. The molecule has 0 aromatic heterocycles. The van der Waals surface area contributed by atoms with Gasteiger partial charge in [-0.1, -0.05) is 72.8 Å². The summed E-state index contributed by atoms with van der Waals surface area (Å²) in [6.07, 6.45) is 4.59. The van der Waals surface area contributed by atoms with Crippen LogP contribution in [0, 0.1) is 0 Å². The number of rotatable bonds is 7. The maximum atomic E-state index is 12.3. The minimum Gasteiger partial charge on any atom is -0.347 e. The van der Waals surface area contributed by atoms with Gasteiger partial charge in [0, 0.05) is 32.7 Å². The second-order valence-corrected chi connectivity index (χ2v) is 6.93. The van der Waals surface area contributed by atoms with Crippen LogP contribution in [0.4, 0.5) is 0 Å². The third kappa shape index (κ3) is 6.35. The molecule has 0 atom stereocenters. The smallest absolute Gasteiger partial charge is 0.242 e. The van der Waals surface area contributed by atoms with Crippen LogP contribution in [-0.4, -0.2) is 60.9 Å². The van der Waals surface area contributed by atoms with E-state index in [1.165, 1.54) is 5.56 Å².